The zero-order chi connectivity index (χ0) is 13.7. The Morgan fingerprint density at radius 1 is 1.32 bits per heavy atom. The number of anilines is 1. The van der Waals surface area contributed by atoms with Crippen molar-refractivity contribution < 1.29 is 4.42 Å². The van der Waals surface area contributed by atoms with E-state index in [4.69, 9.17) is 4.42 Å². The van der Waals surface area contributed by atoms with Crippen LogP contribution in [0, 0.1) is 5.92 Å². The summed E-state index contributed by atoms with van der Waals surface area (Å²) in [6.07, 6.45) is 5.13. The number of nitrogens with one attached hydrogen (secondary N) is 1. The number of nitrogens with zero attached hydrogens (tertiary/aromatic N) is 3. The fraction of sp³-hybridized carbons (Fsp3) is 0.857. The standard InChI is InChI=1S/C14H26N4O/c1-4-5-12-6-8-18(9-7-12)14-17-16-13(19-14)10-15-11(2)3/h11-12,15H,4-10H2,1-3H3. The minimum absolute atomic E-state index is 0.431. The van der Waals surface area contributed by atoms with Gasteiger partial charge in [0.25, 0.3) is 0 Å². The molecule has 1 fully saturated rings. The maximum atomic E-state index is 5.71. The molecule has 2 heterocycles. The van der Waals surface area contributed by atoms with Gasteiger partial charge >= 0.3 is 6.01 Å². The highest BCUT2D eigenvalue weighted by atomic mass is 16.4. The molecule has 0 aliphatic carbocycles. The van der Waals surface area contributed by atoms with E-state index in [9.17, 15) is 0 Å². The molecular weight excluding hydrogens is 240 g/mol. The summed E-state index contributed by atoms with van der Waals surface area (Å²) in [7, 11) is 0. The van der Waals surface area contributed by atoms with Crippen molar-refractivity contribution in [3.8, 4) is 0 Å². The summed E-state index contributed by atoms with van der Waals surface area (Å²) in [4.78, 5) is 2.22. The Labute approximate surface area is 115 Å². The van der Waals surface area contributed by atoms with E-state index in [1.54, 1.807) is 0 Å². The molecule has 0 amide bonds. The van der Waals surface area contributed by atoms with Gasteiger partial charge in [-0.1, -0.05) is 38.7 Å². The lowest BCUT2D eigenvalue weighted by Crippen LogP contribution is -2.33. The van der Waals surface area contributed by atoms with E-state index < -0.39 is 0 Å². The summed E-state index contributed by atoms with van der Waals surface area (Å²) in [6.45, 7) is 9.22. The molecule has 0 spiro atoms. The van der Waals surface area contributed by atoms with Gasteiger partial charge in [0.1, 0.15) is 0 Å². The van der Waals surface area contributed by atoms with Gasteiger partial charge in [-0.15, -0.1) is 5.10 Å². The van der Waals surface area contributed by atoms with Gasteiger partial charge in [-0.25, -0.2) is 0 Å². The predicted octanol–water partition coefficient (Wildman–Crippen LogP) is 2.58. The van der Waals surface area contributed by atoms with E-state index in [0.29, 0.717) is 24.5 Å². The summed E-state index contributed by atoms with van der Waals surface area (Å²) in [5.74, 6) is 1.56. The van der Waals surface area contributed by atoms with Gasteiger partial charge in [0.2, 0.25) is 5.89 Å². The number of aromatic nitrogens is 2. The Morgan fingerprint density at radius 2 is 2.05 bits per heavy atom. The second kappa shape index (κ2) is 6.89. The van der Waals surface area contributed by atoms with Crippen LogP contribution >= 0.6 is 0 Å². The Hall–Kier alpha value is -1.10. The third-order valence-electron chi connectivity index (χ3n) is 3.70. The van der Waals surface area contributed by atoms with Gasteiger partial charge in [0.15, 0.2) is 0 Å². The van der Waals surface area contributed by atoms with Gasteiger partial charge in [-0.3, -0.25) is 0 Å². The summed E-state index contributed by atoms with van der Waals surface area (Å²) >= 11 is 0. The van der Waals surface area contributed by atoms with Crippen LogP contribution in [0.4, 0.5) is 6.01 Å². The van der Waals surface area contributed by atoms with Crippen LogP contribution in [-0.4, -0.2) is 29.3 Å². The molecule has 0 unspecified atom stereocenters. The lowest BCUT2D eigenvalue weighted by atomic mass is 9.93. The second-order valence-corrected chi connectivity index (χ2v) is 5.73. The Kier molecular flexibility index (Phi) is 5.19. The Morgan fingerprint density at radius 3 is 2.68 bits per heavy atom. The third-order valence-corrected chi connectivity index (χ3v) is 3.70. The highest BCUT2D eigenvalue weighted by molar-refractivity contribution is 5.24. The zero-order valence-electron chi connectivity index (χ0n) is 12.4. The first-order valence-corrected chi connectivity index (χ1v) is 7.49. The van der Waals surface area contributed by atoms with Gasteiger partial charge in [-0.05, 0) is 18.8 Å². The van der Waals surface area contributed by atoms with Crippen LogP contribution in [0.3, 0.4) is 0 Å². The molecule has 1 aliphatic heterocycles. The summed E-state index contributed by atoms with van der Waals surface area (Å²) < 4.78 is 5.71. The van der Waals surface area contributed by atoms with Crippen LogP contribution in [0.15, 0.2) is 4.42 Å². The van der Waals surface area contributed by atoms with E-state index >= 15 is 0 Å². The van der Waals surface area contributed by atoms with Crippen molar-refractivity contribution in [2.24, 2.45) is 5.92 Å². The van der Waals surface area contributed by atoms with Gasteiger partial charge in [0, 0.05) is 19.1 Å². The SMILES string of the molecule is CCCC1CCN(c2nnc(CNC(C)C)o2)CC1. The number of hydrogen-bond donors (Lipinski definition) is 1. The van der Waals surface area contributed by atoms with E-state index in [1.165, 1.54) is 25.7 Å². The maximum absolute atomic E-state index is 5.71. The number of piperidine rings is 1. The first-order chi connectivity index (χ1) is 9.19. The van der Waals surface area contributed by atoms with Crippen molar-refractivity contribution in [1.82, 2.24) is 15.5 Å². The van der Waals surface area contributed by atoms with Crippen LogP contribution in [0.25, 0.3) is 0 Å². The van der Waals surface area contributed by atoms with E-state index in [1.807, 2.05) is 0 Å². The van der Waals surface area contributed by atoms with Crippen molar-refractivity contribution in [1.29, 1.82) is 0 Å². The smallest absolute Gasteiger partial charge is 0.318 e. The van der Waals surface area contributed by atoms with Crippen LogP contribution < -0.4 is 10.2 Å². The molecule has 1 aromatic heterocycles. The maximum Gasteiger partial charge on any atom is 0.318 e. The van der Waals surface area contributed by atoms with Crippen LogP contribution in [-0.2, 0) is 6.54 Å². The van der Waals surface area contributed by atoms with Gasteiger partial charge in [0.05, 0.1) is 6.54 Å². The molecule has 1 saturated heterocycles. The molecule has 2 rings (SSSR count). The number of rotatable bonds is 6. The fourth-order valence-electron chi connectivity index (χ4n) is 2.56. The normalized spacial score (nSPS) is 17.4. The van der Waals surface area contributed by atoms with Crippen LogP contribution in [0.2, 0.25) is 0 Å². The second-order valence-electron chi connectivity index (χ2n) is 5.73. The largest absolute Gasteiger partial charge is 0.407 e. The highest BCUT2D eigenvalue weighted by Crippen LogP contribution is 2.25. The van der Waals surface area contributed by atoms with E-state index in [-0.39, 0.29) is 0 Å². The lowest BCUT2D eigenvalue weighted by molar-refractivity contribution is 0.360. The van der Waals surface area contributed by atoms with Crippen LogP contribution in [0.5, 0.6) is 0 Å². The highest BCUT2D eigenvalue weighted by Gasteiger charge is 2.22. The summed E-state index contributed by atoms with van der Waals surface area (Å²) in [5.41, 5.74) is 0. The monoisotopic (exact) mass is 266 g/mol. The minimum Gasteiger partial charge on any atom is -0.407 e. The van der Waals surface area contributed by atoms with Crippen molar-refractivity contribution >= 4 is 6.01 Å². The third kappa shape index (κ3) is 4.20. The topological polar surface area (TPSA) is 54.2 Å². The molecule has 1 N–H and O–H groups in total. The molecule has 0 aromatic carbocycles. The van der Waals surface area contributed by atoms with Crippen molar-refractivity contribution in [2.45, 2.75) is 59.0 Å². The Bertz CT molecular complexity index is 369. The van der Waals surface area contributed by atoms with Crippen molar-refractivity contribution in [2.75, 3.05) is 18.0 Å². The number of hydrogen-bond acceptors (Lipinski definition) is 5. The molecule has 0 bridgehead atoms. The van der Waals surface area contributed by atoms with Crippen LogP contribution in [0.1, 0.15) is 52.3 Å². The van der Waals surface area contributed by atoms with Gasteiger partial charge in [-0.2, -0.15) is 0 Å². The average molecular weight is 266 g/mol. The first-order valence-electron chi connectivity index (χ1n) is 7.49. The predicted molar refractivity (Wildman–Crippen MR) is 76.1 cm³/mol. The summed E-state index contributed by atoms with van der Waals surface area (Å²) in [6, 6.07) is 1.12. The Balaban J connectivity index is 1.82. The first kappa shape index (κ1) is 14.3. The van der Waals surface area contributed by atoms with Gasteiger partial charge < -0.3 is 14.6 Å². The summed E-state index contributed by atoms with van der Waals surface area (Å²) in [5, 5.41) is 11.5. The fourth-order valence-corrected chi connectivity index (χ4v) is 2.56. The molecule has 0 saturated carbocycles. The van der Waals surface area contributed by atoms with Crippen molar-refractivity contribution in [3.63, 3.8) is 0 Å². The molecule has 5 heteroatoms. The molecule has 1 aromatic rings. The molecule has 108 valence electrons. The molecule has 0 atom stereocenters. The minimum atomic E-state index is 0.431. The van der Waals surface area contributed by atoms with E-state index in [0.717, 1.165) is 19.0 Å². The lowest BCUT2D eigenvalue weighted by Gasteiger charge is -2.30. The zero-order valence-corrected chi connectivity index (χ0v) is 12.4. The van der Waals surface area contributed by atoms with E-state index in [2.05, 4.69) is 41.2 Å². The molecule has 19 heavy (non-hydrogen) atoms. The average Bonchev–Trinajstić information content (AvgIpc) is 2.86. The quantitative estimate of drug-likeness (QED) is 0.857. The van der Waals surface area contributed by atoms with Crippen molar-refractivity contribution in [3.05, 3.63) is 5.89 Å². The molecular formula is C14H26N4O. The molecule has 0 radical (unpaired) electrons. The molecule has 5 nitrogen and oxygen atoms in total. The molecule has 1 aliphatic rings.